The van der Waals surface area contributed by atoms with Crippen LogP contribution in [0.5, 0.6) is 11.5 Å². The molecule has 0 spiro atoms. The Kier molecular flexibility index (Phi) is 3.72. The maximum atomic E-state index is 11.4. The molecule has 1 aromatic carbocycles. The fraction of sp³-hybridized carbons (Fsp3) is 0.462. The second-order valence-electron chi connectivity index (χ2n) is 4.33. The van der Waals surface area contributed by atoms with Crippen LogP contribution in [0.25, 0.3) is 0 Å². The van der Waals surface area contributed by atoms with Crippen molar-refractivity contribution in [3.63, 3.8) is 0 Å². The number of methoxy groups -OCH3 is 2. The monoisotopic (exact) mass is 250 g/mol. The minimum atomic E-state index is -0.296. The van der Waals surface area contributed by atoms with E-state index in [0.717, 1.165) is 12.0 Å². The topological polar surface area (TPSA) is 64.8 Å². The number of hydrogen-bond donors (Lipinski definition) is 1. The highest BCUT2D eigenvalue weighted by molar-refractivity contribution is 5.87. The molecule has 98 valence electrons. The van der Waals surface area contributed by atoms with Crippen LogP contribution in [0.1, 0.15) is 5.56 Å². The smallest absolute Gasteiger partial charge is 0.241 e. The van der Waals surface area contributed by atoms with Crippen molar-refractivity contribution in [2.24, 2.45) is 5.73 Å². The molecule has 18 heavy (non-hydrogen) atoms. The van der Waals surface area contributed by atoms with Gasteiger partial charge in [0.25, 0.3) is 0 Å². The fourth-order valence-electron chi connectivity index (χ4n) is 2.03. The van der Waals surface area contributed by atoms with E-state index in [0.29, 0.717) is 24.6 Å². The van der Waals surface area contributed by atoms with E-state index in [4.69, 9.17) is 15.2 Å². The van der Waals surface area contributed by atoms with Gasteiger partial charge in [-0.2, -0.15) is 0 Å². The molecule has 1 heterocycles. The third-order valence-electron chi connectivity index (χ3n) is 3.16. The van der Waals surface area contributed by atoms with E-state index in [2.05, 4.69) is 0 Å². The van der Waals surface area contributed by atoms with E-state index in [-0.39, 0.29) is 11.9 Å². The molecule has 5 nitrogen and oxygen atoms in total. The van der Waals surface area contributed by atoms with Gasteiger partial charge in [0.1, 0.15) is 6.04 Å². The van der Waals surface area contributed by atoms with Gasteiger partial charge in [0.05, 0.1) is 14.2 Å². The highest BCUT2D eigenvalue weighted by atomic mass is 16.5. The van der Waals surface area contributed by atoms with Crippen molar-refractivity contribution in [1.29, 1.82) is 0 Å². The number of likely N-dealkylation sites (tertiary alicyclic amines) is 1. The molecule has 0 radical (unpaired) electrons. The standard InChI is InChI=1S/C13H18N2O3/c1-17-11-4-3-9(7-12(11)18-2)5-6-15-8-10(14)13(15)16/h3-4,7,10H,5-6,8,14H2,1-2H3. The van der Waals surface area contributed by atoms with Crippen LogP contribution in [-0.4, -0.2) is 44.2 Å². The molecule has 0 bridgehead atoms. The van der Waals surface area contributed by atoms with Crippen molar-refractivity contribution < 1.29 is 14.3 Å². The molecule has 0 aromatic heterocycles. The van der Waals surface area contributed by atoms with Crippen LogP contribution < -0.4 is 15.2 Å². The van der Waals surface area contributed by atoms with Gasteiger partial charge in [-0.3, -0.25) is 4.79 Å². The van der Waals surface area contributed by atoms with E-state index in [9.17, 15) is 4.79 Å². The molecule has 1 atom stereocenters. The molecular weight excluding hydrogens is 232 g/mol. The number of ether oxygens (including phenoxy) is 2. The Morgan fingerprint density at radius 3 is 2.61 bits per heavy atom. The van der Waals surface area contributed by atoms with Crippen molar-refractivity contribution in [3.8, 4) is 11.5 Å². The van der Waals surface area contributed by atoms with Crippen molar-refractivity contribution in [1.82, 2.24) is 4.90 Å². The number of rotatable bonds is 5. The van der Waals surface area contributed by atoms with Gasteiger partial charge in [-0.1, -0.05) is 6.07 Å². The van der Waals surface area contributed by atoms with Crippen LogP contribution in [0, 0.1) is 0 Å². The lowest BCUT2D eigenvalue weighted by molar-refractivity contribution is -0.142. The summed E-state index contributed by atoms with van der Waals surface area (Å²) in [7, 11) is 3.22. The zero-order valence-corrected chi connectivity index (χ0v) is 10.7. The van der Waals surface area contributed by atoms with Crippen LogP contribution in [0.2, 0.25) is 0 Å². The van der Waals surface area contributed by atoms with Gasteiger partial charge in [0.15, 0.2) is 11.5 Å². The average Bonchev–Trinajstić information content (AvgIpc) is 2.42. The molecule has 1 aromatic rings. The zero-order valence-electron chi connectivity index (χ0n) is 10.7. The van der Waals surface area contributed by atoms with Gasteiger partial charge in [0.2, 0.25) is 5.91 Å². The van der Waals surface area contributed by atoms with Crippen LogP contribution in [0.15, 0.2) is 18.2 Å². The lowest BCUT2D eigenvalue weighted by Crippen LogP contribution is -2.61. The highest BCUT2D eigenvalue weighted by Crippen LogP contribution is 2.27. The second kappa shape index (κ2) is 5.27. The van der Waals surface area contributed by atoms with Crippen LogP contribution in [0.3, 0.4) is 0 Å². The summed E-state index contributed by atoms with van der Waals surface area (Å²) in [4.78, 5) is 13.1. The number of amides is 1. The molecule has 2 N–H and O–H groups in total. The molecule has 5 heteroatoms. The van der Waals surface area contributed by atoms with Gasteiger partial charge in [-0.15, -0.1) is 0 Å². The van der Waals surface area contributed by atoms with E-state index < -0.39 is 0 Å². The molecule has 0 saturated carbocycles. The Labute approximate surface area is 106 Å². The Morgan fingerprint density at radius 1 is 1.33 bits per heavy atom. The molecule has 2 rings (SSSR count). The summed E-state index contributed by atoms with van der Waals surface area (Å²) in [6.45, 7) is 1.36. The molecule has 1 fully saturated rings. The maximum absolute atomic E-state index is 11.4. The molecular formula is C13H18N2O3. The van der Waals surface area contributed by atoms with Crippen molar-refractivity contribution >= 4 is 5.91 Å². The Balaban J connectivity index is 1.95. The summed E-state index contributed by atoms with van der Waals surface area (Å²) < 4.78 is 10.4. The molecule has 1 saturated heterocycles. The predicted octanol–water partition coefficient (Wildman–Crippen LogP) is 0.416. The van der Waals surface area contributed by atoms with Crippen molar-refractivity contribution in [2.45, 2.75) is 12.5 Å². The Morgan fingerprint density at radius 2 is 2.06 bits per heavy atom. The number of benzene rings is 1. The SMILES string of the molecule is COc1ccc(CCN2CC(N)C2=O)cc1OC. The highest BCUT2D eigenvalue weighted by Gasteiger charge is 2.32. The number of carbonyl (C=O) groups excluding carboxylic acids is 1. The lowest BCUT2D eigenvalue weighted by atomic mass is 10.1. The third-order valence-corrected chi connectivity index (χ3v) is 3.16. The number of hydrogen-bond acceptors (Lipinski definition) is 4. The second-order valence-corrected chi connectivity index (χ2v) is 4.33. The summed E-state index contributed by atoms with van der Waals surface area (Å²) in [6, 6.07) is 5.49. The van der Waals surface area contributed by atoms with Gasteiger partial charge < -0.3 is 20.1 Å². The molecule has 0 aliphatic carbocycles. The zero-order chi connectivity index (χ0) is 13.1. The average molecular weight is 250 g/mol. The Hall–Kier alpha value is -1.75. The number of carbonyl (C=O) groups is 1. The van der Waals surface area contributed by atoms with Gasteiger partial charge in [-0.25, -0.2) is 0 Å². The summed E-state index contributed by atoms with van der Waals surface area (Å²) in [5, 5.41) is 0. The van der Waals surface area contributed by atoms with Gasteiger partial charge in [0, 0.05) is 13.1 Å². The summed E-state index contributed by atoms with van der Waals surface area (Å²) >= 11 is 0. The predicted molar refractivity (Wildman–Crippen MR) is 67.8 cm³/mol. The van der Waals surface area contributed by atoms with Crippen LogP contribution in [0.4, 0.5) is 0 Å². The first kappa shape index (κ1) is 12.7. The normalized spacial score (nSPS) is 18.5. The van der Waals surface area contributed by atoms with Gasteiger partial charge in [-0.05, 0) is 24.1 Å². The van der Waals surface area contributed by atoms with Crippen LogP contribution >= 0.6 is 0 Å². The molecule has 1 aliphatic heterocycles. The molecule has 1 amide bonds. The lowest BCUT2D eigenvalue weighted by Gasteiger charge is -2.36. The van der Waals surface area contributed by atoms with Crippen molar-refractivity contribution in [3.05, 3.63) is 23.8 Å². The van der Waals surface area contributed by atoms with E-state index in [1.165, 1.54) is 0 Å². The minimum Gasteiger partial charge on any atom is -0.493 e. The van der Waals surface area contributed by atoms with E-state index in [1.807, 2.05) is 18.2 Å². The largest absolute Gasteiger partial charge is 0.493 e. The third kappa shape index (κ3) is 2.41. The fourth-order valence-corrected chi connectivity index (χ4v) is 2.03. The first-order valence-electron chi connectivity index (χ1n) is 5.91. The van der Waals surface area contributed by atoms with Crippen molar-refractivity contribution in [2.75, 3.05) is 27.3 Å². The number of nitrogens with two attached hydrogens (primary N) is 1. The van der Waals surface area contributed by atoms with E-state index >= 15 is 0 Å². The van der Waals surface area contributed by atoms with Crippen LogP contribution in [-0.2, 0) is 11.2 Å². The molecule has 1 aliphatic rings. The van der Waals surface area contributed by atoms with E-state index in [1.54, 1.807) is 19.1 Å². The quantitative estimate of drug-likeness (QED) is 0.769. The number of β-lactam (4-membered cyclic amide) rings is 1. The first-order chi connectivity index (χ1) is 8.65. The summed E-state index contributed by atoms with van der Waals surface area (Å²) in [6.07, 6.45) is 0.790. The number of nitrogens with zero attached hydrogens (tertiary/aromatic N) is 1. The molecule has 1 unspecified atom stereocenters. The summed E-state index contributed by atoms with van der Waals surface area (Å²) in [5.41, 5.74) is 6.65. The Bertz CT molecular complexity index is 448. The first-order valence-corrected chi connectivity index (χ1v) is 5.91. The minimum absolute atomic E-state index is 0.0375. The summed E-state index contributed by atoms with van der Waals surface area (Å²) in [5.74, 6) is 1.46. The van der Waals surface area contributed by atoms with Gasteiger partial charge >= 0.3 is 0 Å². The maximum Gasteiger partial charge on any atom is 0.241 e.